The highest BCUT2D eigenvalue weighted by Crippen LogP contribution is 2.06. The molecule has 0 aromatic carbocycles. The predicted octanol–water partition coefficient (Wildman–Crippen LogP) is 0.839. The first-order valence-corrected chi connectivity index (χ1v) is 7.31. The van der Waals surface area contributed by atoms with Crippen molar-refractivity contribution in [2.24, 2.45) is 5.92 Å². The molecule has 1 rings (SSSR count). The molecule has 22 heavy (non-hydrogen) atoms. The van der Waals surface area contributed by atoms with E-state index in [0.29, 0.717) is 12.1 Å². The number of aromatic nitrogens is 1. The third kappa shape index (κ3) is 5.99. The van der Waals surface area contributed by atoms with E-state index in [1.165, 1.54) is 0 Å². The van der Waals surface area contributed by atoms with Crippen molar-refractivity contribution in [3.63, 3.8) is 0 Å². The highest BCUT2D eigenvalue weighted by Gasteiger charge is 2.23. The smallest absolute Gasteiger partial charge is 0.325 e. The lowest BCUT2D eigenvalue weighted by atomic mass is 10.0. The second kappa shape index (κ2) is 8.86. The number of hydrogen-bond donors (Lipinski definition) is 3. The minimum absolute atomic E-state index is 0.209. The molecule has 0 spiro atoms. The average molecular weight is 309 g/mol. The molecule has 0 aliphatic carbocycles. The number of H-pyrrole nitrogens is 1. The van der Waals surface area contributed by atoms with Crippen LogP contribution in [0.4, 0.5) is 0 Å². The summed E-state index contributed by atoms with van der Waals surface area (Å²) in [7, 11) is 0. The van der Waals surface area contributed by atoms with E-state index in [1.54, 1.807) is 25.3 Å². The zero-order chi connectivity index (χ0) is 16.5. The van der Waals surface area contributed by atoms with Gasteiger partial charge in [0.1, 0.15) is 18.3 Å². The van der Waals surface area contributed by atoms with Gasteiger partial charge in [-0.05, 0) is 31.4 Å². The van der Waals surface area contributed by atoms with E-state index in [-0.39, 0.29) is 25.0 Å². The Hall–Kier alpha value is -2.31. The Kier molecular flexibility index (Phi) is 7.15. The molecule has 0 unspecified atom stereocenters. The van der Waals surface area contributed by atoms with Crippen LogP contribution in [0, 0.1) is 5.92 Å². The Balaban J connectivity index is 2.61. The van der Waals surface area contributed by atoms with Gasteiger partial charge in [0.25, 0.3) is 5.91 Å². The lowest BCUT2D eigenvalue weighted by Crippen LogP contribution is -2.48. The van der Waals surface area contributed by atoms with E-state index >= 15 is 0 Å². The second-order valence-electron chi connectivity index (χ2n) is 5.26. The van der Waals surface area contributed by atoms with E-state index in [9.17, 15) is 14.4 Å². The van der Waals surface area contributed by atoms with Gasteiger partial charge in [0, 0.05) is 6.20 Å². The first kappa shape index (κ1) is 17.7. The summed E-state index contributed by atoms with van der Waals surface area (Å²) in [6.45, 7) is 5.64. The molecule has 1 aromatic heterocycles. The molecule has 122 valence electrons. The molecule has 1 heterocycles. The SMILES string of the molecule is CCOC(=O)CNC(=O)[C@H](CC(C)C)NC(=O)c1ccc[nH]1. The van der Waals surface area contributed by atoms with Crippen molar-refractivity contribution in [3.05, 3.63) is 24.0 Å². The standard InChI is InChI=1S/C15H23N3O4/c1-4-22-13(19)9-17-14(20)12(8-10(2)3)18-15(21)11-6-5-7-16-11/h5-7,10,12,16H,4,8-9H2,1-3H3,(H,17,20)(H,18,21)/t12-/m0/s1. The predicted molar refractivity (Wildman–Crippen MR) is 81.1 cm³/mol. The molecule has 0 saturated heterocycles. The van der Waals surface area contributed by atoms with Gasteiger partial charge < -0.3 is 20.4 Å². The lowest BCUT2D eigenvalue weighted by molar-refractivity contribution is -0.143. The number of carbonyl (C=O) groups is 3. The van der Waals surface area contributed by atoms with E-state index < -0.39 is 17.9 Å². The molecule has 1 aromatic rings. The van der Waals surface area contributed by atoms with Crippen LogP contribution in [-0.4, -0.2) is 42.0 Å². The van der Waals surface area contributed by atoms with Gasteiger partial charge in [-0.1, -0.05) is 13.8 Å². The van der Waals surface area contributed by atoms with Crippen LogP contribution < -0.4 is 10.6 Å². The van der Waals surface area contributed by atoms with Crippen molar-refractivity contribution in [2.45, 2.75) is 33.2 Å². The largest absolute Gasteiger partial charge is 0.465 e. The third-order valence-corrected chi connectivity index (χ3v) is 2.88. The molecule has 2 amide bonds. The molecule has 7 heteroatoms. The maximum absolute atomic E-state index is 12.1. The topological polar surface area (TPSA) is 100 Å². The summed E-state index contributed by atoms with van der Waals surface area (Å²) in [6, 6.07) is 2.62. The van der Waals surface area contributed by atoms with Crippen LogP contribution >= 0.6 is 0 Å². The number of esters is 1. The number of hydrogen-bond acceptors (Lipinski definition) is 4. The van der Waals surface area contributed by atoms with Crippen molar-refractivity contribution in [1.82, 2.24) is 15.6 Å². The molecule has 0 aliphatic heterocycles. The van der Waals surface area contributed by atoms with Crippen LogP contribution in [0.5, 0.6) is 0 Å². The van der Waals surface area contributed by atoms with Gasteiger partial charge in [-0.25, -0.2) is 0 Å². The summed E-state index contributed by atoms with van der Waals surface area (Å²) in [5.41, 5.74) is 0.381. The van der Waals surface area contributed by atoms with Crippen molar-refractivity contribution in [1.29, 1.82) is 0 Å². The maximum Gasteiger partial charge on any atom is 0.325 e. The molecule has 0 radical (unpaired) electrons. The van der Waals surface area contributed by atoms with Crippen molar-refractivity contribution in [2.75, 3.05) is 13.2 Å². The lowest BCUT2D eigenvalue weighted by Gasteiger charge is -2.19. The van der Waals surface area contributed by atoms with Gasteiger partial charge in [-0.3, -0.25) is 14.4 Å². The fourth-order valence-corrected chi connectivity index (χ4v) is 1.90. The van der Waals surface area contributed by atoms with Gasteiger partial charge in [0.05, 0.1) is 6.61 Å². The Morgan fingerprint density at radius 3 is 2.59 bits per heavy atom. The Morgan fingerprint density at radius 1 is 1.32 bits per heavy atom. The Morgan fingerprint density at radius 2 is 2.05 bits per heavy atom. The molecule has 0 aliphatic rings. The van der Waals surface area contributed by atoms with Gasteiger partial charge in [-0.15, -0.1) is 0 Å². The first-order valence-electron chi connectivity index (χ1n) is 7.31. The summed E-state index contributed by atoms with van der Waals surface area (Å²) < 4.78 is 4.75. The van der Waals surface area contributed by atoms with Crippen LogP contribution in [0.1, 0.15) is 37.7 Å². The van der Waals surface area contributed by atoms with Crippen molar-refractivity contribution in [3.8, 4) is 0 Å². The number of aromatic amines is 1. The summed E-state index contributed by atoms with van der Waals surface area (Å²) in [4.78, 5) is 38.2. The van der Waals surface area contributed by atoms with Crippen LogP contribution in [-0.2, 0) is 14.3 Å². The highest BCUT2D eigenvalue weighted by molar-refractivity contribution is 5.96. The number of nitrogens with one attached hydrogen (secondary N) is 3. The maximum atomic E-state index is 12.1. The van der Waals surface area contributed by atoms with Crippen molar-refractivity contribution < 1.29 is 19.1 Å². The van der Waals surface area contributed by atoms with E-state index in [1.807, 2.05) is 13.8 Å². The number of carbonyl (C=O) groups excluding carboxylic acids is 3. The van der Waals surface area contributed by atoms with Crippen LogP contribution in [0.2, 0.25) is 0 Å². The van der Waals surface area contributed by atoms with Crippen LogP contribution in [0.3, 0.4) is 0 Å². The van der Waals surface area contributed by atoms with E-state index in [2.05, 4.69) is 15.6 Å². The van der Waals surface area contributed by atoms with Gasteiger partial charge in [0.15, 0.2) is 0 Å². The molecule has 0 saturated carbocycles. The van der Waals surface area contributed by atoms with Gasteiger partial charge >= 0.3 is 5.97 Å². The van der Waals surface area contributed by atoms with E-state index in [4.69, 9.17) is 4.74 Å². The summed E-state index contributed by atoms with van der Waals surface area (Å²) in [6.07, 6.45) is 2.11. The molecule has 1 atom stereocenters. The molecule has 3 N–H and O–H groups in total. The molecule has 0 fully saturated rings. The molecule has 7 nitrogen and oxygen atoms in total. The number of amides is 2. The zero-order valence-electron chi connectivity index (χ0n) is 13.1. The second-order valence-corrected chi connectivity index (χ2v) is 5.26. The average Bonchev–Trinajstić information content (AvgIpc) is 2.98. The minimum Gasteiger partial charge on any atom is -0.465 e. The number of ether oxygens (including phenoxy) is 1. The molecular formula is C15H23N3O4. The normalized spacial score (nSPS) is 11.8. The quantitative estimate of drug-likeness (QED) is 0.619. The zero-order valence-corrected chi connectivity index (χ0v) is 13.1. The molecule has 0 bridgehead atoms. The van der Waals surface area contributed by atoms with Gasteiger partial charge in [-0.2, -0.15) is 0 Å². The van der Waals surface area contributed by atoms with Crippen molar-refractivity contribution >= 4 is 17.8 Å². The Labute approximate surface area is 129 Å². The summed E-state index contributed by atoms with van der Waals surface area (Å²) in [5.74, 6) is -1.05. The fourth-order valence-electron chi connectivity index (χ4n) is 1.90. The third-order valence-electron chi connectivity index (χ3n) is 2.88. The highest BCUT2D eigenvalue weighted by atomic mass is 16.5. The van der Waals surface area contributed by atoms with E-state index in [0.717, 1.165) is 0 Å². The monoisotopic (exact) mass is 309 g/mol. The fraction of sp³-hybridized carbons (Fsp3) is 0.533. The Bertz CT molecular complexity index is 497. The number of rotatable bonds is 8. The van der Waals surface area contributed by atoms with Crippen LogP contribution in [0.25, 0.3) is 0 Å². The summed E-state index contributed by atoms with van der Waals surface area (Å²) >= 11 is 0. The van der Waals surface area contributed by atoms with Gasteiger partial charge in [0.2, 0.25) is 5.91 Å². The van der Waals surface area contributed by atoms with Crippen LogP contribution in [0.15, 0.2) is 18.3 Å². The molecular weight excluding hydrogens is 286 g/mol. The first-order chi connectivity index (χ1) is 10.4. The summed E-state index contributed by atoms with van der Waals surface area (Å²) in [5, 5.41) is 5.16. The minimum atomic E-state index is -0.703.